The smallest absolute Gasteiger partial charge is 0.211 e. The molecule has 32 heavy (non-hydrogen) atoms. The number of amidine groups is 1. The Balaban J connectivity index is 1.53. The summed E-state index contributed by atoms with van der Waals surface area (Å²) in [7, 11) is 6.41. The first kappa shape index (κ1) is 21.8. The van der Waals surface area contributed by atoms with Gasteiger partial charge in [0.05, 0.1) is 34.2 Å². The number of thioether (sulfide) groups is 1. The van der Waals surface area contributed by atoms with Crippen molar-refractivity contribution in [2.24, 2.45) is 4.99 Å². The predicted molar refractivity (Wildman–Crippen MR) is 124 cm³/mol. The monoisotopic (exact) mass is 455 g/mol. The average molecular weight is 456 g/mol. The van der Waals surface area contributed by atoms with Gasteiger partial charge in [-0.25, -0.2) is 4.68 Å². The Morgan fingerprint density at radius 3 is 2.31 bits per heavy atom. The molecule has 0 aliphatic carbocycles. The van der Waals surface area contributed by atoms with Gasteiger partial charge in [0.2, 0.25) is 10.9 Å². The van der Waals surface area contributed by atoms with Gasteiger partial charge in [0.15, 0.2) is 17.3 Å². The third-order valence-corrected chi connectivity index (χ3v) is 5.94. The Bertz CT molecular complexity index is 1090. The molecular formula is C22H25N5O4S. The predicted octanol–water partition coefficient (Wildman–Crippen LogP) is 3.27. The van der Waals surface area contributed by atoms with Crippen molar-refractivity contribution in [2.75, 3.05) is 46.2 Å². The van der Waals surface area contributed by atoms with Crippen molar-refractivity contribution >= 4 is 17.6 Å². The summed E-state index contributed by atoms with van der Waals surface area (Å²) >= 11 is 1.58. The van der Waals surface area contributed by atoms with E-state index in [0.29, 0.717) is 35.4 Å². The van der Waals surface area contributed by atoms with Crippen molar-refractivity contribution in [3.8, 4) is 34.4 Å². The highest BCUT2D eigenvalue weighted by Gasteiger charge is 2.23. The van der Waals surface area contributed by atoms with E-state index in [-0.39, 0.29) is 0 Å². The molecule has 2 heterocycles. The second kappa shape index (κ2) is 9.82. The largest absolute Gasteiger partial charge is 0.497 e. The normalized spacial score (nSPS) is 13.9. The number of benzene rings is 2. The lowest BCUT2D eigenvalue weighted by Crippen LogP contribution is -2.30. The minimum atomic E-state index is 0.528. The molecule has 10 heteroatoms. The lowest BCUT2D eigenvalue weighted by Gasteiger charge is -2.19. The molecule has 0 spiro atoms. The number of aromatic nitrogens is 3. The molecule has 0 radical (unpaired) electrons. The van der Waals surface area contributed by atoms with Gasteiger partial charge in [0.1, 0.15) is 11.6 Å². The van der Waals surface area contributed by atoms with Crippen LogP contribution in [0, 0.1) is 0 Å². The maximum absolute atomic E-state index is 5.47. The van der Waals surface area contributed by atoms with Crippen molar-refractivity contribution in [3.63, 3.8) is 0 Å². The molecule has 0 saturated heterocycles. The fourth-order valence-corrected chi connectivity index (χ4v) is 4.13. The lowest BCUT2D eigenvalue weighted by molar-refractivity contribution is 0.324. The minimum absolute atomic E-state index is 0.528. The second-order valence-electron chi connectivity index (χ2n) is 6.88. The molecular weight excluding hydrogens is 430 g/mol. The van der Waals surface area contributed by atoms with Gasteiger partial charge in [-0.05, 0) is 36.2 Å². The Morgan fingerprint density at radius 2 is 1.69 bits per heavy atom. The summed E-state index contributed by atoms with van der Waals surface area (Å²) in [6.07, 6.45) is 0.842. The van der Waals surface area contributed by atoms with Crippen LogP contribution >= 0.6 is 11.8 Å². The van der Waals surface area contributed by atoms with Crippen molar-refractivity contribution in [1.82, 2.24) is 14.9 Å². The molecule has 0 bridgehead atoms. The van der Waals surface area contributed by atoms with E-state index >= 15 is 0 Å². The van der Waals surface area contributed by atoms with Crippen LogP contribution in [0.3, 0.4) is 0 Å². The van der Waals surface area contributed by atoms with Crippen molar-refractivity contribution in [1.29, 1.82) is 0 Å². The summed E-state index contributed by atoms with van der Waals surface area (Å²) in [6, 6.07) is 11.7. The molecule has 0 unspecified atom stereocenters. The number of ether oxygens (including phenoxy) is 4. The molecule has 0 atom stereocenters. The maximum Gasteiger partial charge on any atom is 0.211 e. The Labute approximate surface area is 190 Å². The molecule has 9 nitrogen and oxygen atoms in total. The van der Waals surface area contributed by atoms with Gasteiger partial charge >= 0.3 is 0 Å². The second-order valence-corrected chi connectivity index (χ2v) is 7.83. The number of hydrogen-bond acceptors (Lipinski definition) is 8. The van der Waals surface area contributed by atoms with Gasteiger partial charge in [0.25, 0.3) is 0 Å². The SMILES string of the molecule is COc1ccc(CCN=C2CSc3nnc(-c4cc(OC)c(OC)c(OC)c4)n3N2)cc1. The van der Waals surface area contributed by atoms with E-state index in [1.54, 1.807) is 40.2 Å². The standard InChI is InChI=1S/C22H25N5O4S/c1-28-16-7-5-14(6-8-16)9-10-23-19-13-32-22-25-24-21(27(22)26-19)15-11-17(29-2)20(31-4)18(12-15)30-3/h5-8,11-12H,9-10,13H2,1-4H3,(H,23,26). The van der Waals surface area contributed by atoms with Crippen LogP contribution in [-0.4, -0.2) is 61.4 Å². The molecule has 168 valence electrons. The number of nitrogens with one attached hydrogen (secondary N) is 1. The van der Waals surface area contributed by atoms with E-state index in [1.807, 2.05) is 28.9 Å². The highest BCUT2D eigenvalue weighted by Crippen LogP contribution is 2.41. The molecule has 1 N–H and O–H groups in total. The lowest BCUT2D eigenvalue weighted by atomic mass is 10.1. The third-order valence-electron chi connectivity index (χ3n) is 5.00. The van der Waals surface area contributed by atoms with Gasteiger partial charge in [-0.3, -0.25) is 10.4 Å². The first-order chi connectivity index (χ1) is 15.7. The molecule has 1 aromatic heterocycles. The topological polar surface area (TPSA) is 92.0 Å². The fraction of sp³-hybridized carbons (Fsp3) is 0.318. The van der Waals surface area contributed by atoms with E-state index < -0.39 is 0 Å². The van der Waals surface area contributed by atoms with Gasteiger partial charge < -0.3 is 18.9 Å². The number of nitrogens with zero attached hydrogens (tertiary/aromatic N) is 4. The summed E-state index contributed by atoms with van der Waals surface area (Å²) in [6.45, 7) is 0.673. The quantitative estimate of drug-likeness (QED) is 0.553. The first-order valence-corrected chi connectivity index (χ1v) is 11.0. The molecule has 0 amide bonds. The maximum atomic E-state index is 5.47. The summed E-state index contributed by atoms with van der Waals surface area (Å²) in [5.74, 6) is 4.69. The third kappa shape index (κ3) is 4.45. The van der Waals surface area contributed by atoms with Crippen LogP contribution in [0.25, 0.3) is 11.4 Å². The van der Waals surface area contributed by atoms with Crippen LogP contribution in [0.1, 0.15) is 5.56 Å². The molecule has 1 aliphatic heterocycles. The molecule has 3 aromatic rings. The van der Waals surface area contributed by atoms with Crippen LogP contribution in [0.5, 0.6) is 23.0 Å². The highest BCUT2D eigenvalue weighted by atomic mass is 32.2. The molecule has 0 saturated carbocycles. The van der Waals surface area contributed by atoms with Gasteiger partial charge in [-0.15, -0.1) is 10.2 Å². The van der Waals surface area contributed by atoms with E-state index in [2.05, 4.69) is 27.8 Å². The summed E-state index contributed by atoms with van der Waals surface area (Å²) < 4.78 is 23.4. The van der Waals surface area contributed by atoms with Crippen LogP contribution in [0.15, 0.2) is 46.5 Å². The first-order valence-electron chi connectivity index (χ1n) is 9.98. The Kier molecular flexibility index (Phi) is 6.69. The van der Waals surface area contributed by atoms with E-state index in [0.717, 1.165) is 28.7 Å². The fourth-order valence-electron chi connectivity index (χ4n) is 3.35. The Hall–Kier alpha value is -3.40. The molecule has 2 aromatic carbocycles. The van der Waals surface area contributed by atoms with Crippen LogP contribution in [0.4, 0.5) is 0 Å². The van der Waals surface area contributed by atoms with E-state index in [1.165, 1.54) is 5.56 Å². The van der Waals surface area contributed by atoms with E-state index in [9.17, 15) is 0 Å². The van der Waals surface area contributed by atoms with Crippen LogP contribution < -0.4 is 24.4 Å². The summed E-state index contributed by atoms with van der Waals surface area (Å²) in [5.41, 5.74) is 5.33. The van der Waals surface area contributed by atoms with Crippen LogP contribution in [0.2, 0.25) is 0 Å². The van der Waals surface area contributed by atoms with Crippen LogP contribution in [-0.2, 0) is 6.42 Å². The molecule has 1 aliphatic rings. The molecule has 0 fully saturated rings. The van der Waals surface area contributed by atoms with Gasteiger partial charge in [-0.2, -0.15) is 0 Å². The van der Waals surface area contributed by atoms with Gasteiger partial charge in [0, 0.05) is 12.1 Å². The summed E-state index contributed by atoms with van der Waals surface area (Å²) in [5, 5.41) is 9.43. The number of aliphatic imine (C=N–C) groups is 1. The highest BCUT2D eigenvalue weighted by molar-refractivity contribution is 7.99. The number of methoxy groups -OCH3 is 4. The minimum Gasteiger partial charge on any atom is -0.497 e. The van der Waals surface area contributed by atoms with Crippen molar-refractivity contribution < 1.29 is 18.9 Å². The summed E-state index contributed by atoms with van der Waals surface area (Å²) in [4.78, 5) is 4.74. The number of rotatable bonds is 8. The van der Waals surface area contributed by atoms with Crippen molar-refractivity contribution in [2.45, 2.75) is 11.6 Å². The van der Waals surface area contributed by atoms with Crippen molar-refractivity contribution in [3.05, 3.63) is 42.0 Å². The zero-order valence-electron chi connectivity index (χ0n) is 18.4. The van der Waals surface area contributed by atoms with Gasteiger partial charge in [-0.1, -0.05) is 23.9 Å². The molecule has 4 rings (SSSR count). The number of fused-ring (bicyclic) bond motifs is 1. The average Bonchev–Trinajstić information content (AvgIpc) is 3.26. The zero-order chi connectivity index (χ0) is 22.5. The zero-order valence-corrected chi connectivity index (χ0v) is 19.2. The Morgan fingerprint density at radius 1 is 0.969 bits per heavy atom. The number of hydrogen-bond donors (Lipinski definition) is 1. The van der Waals surface area contributed by atoms with E-state index in [4.69, 9.17) is 23.9 Å².